The zero-order chi connectivity index (χ0) is 28.9. The Morgan fingerprint density at radius 2 is 1.95 bits per heavy atom. The van der Waals surface area contributed by atoms with Crippen molar-refractivity contribution in [2.75, 3.05) is 13.1 Å². The first kappa shape index (κ1) is 27.6. The Hall–Kier alpha value is -3.51. The van der Waals surface area contributed by atoms with Gasteiger partial charge in [0.25, 0.3) is 12.0 Å². The molecule has 0 radical (unpaired) electrons. The smallest absolute Gasteiger partial charge is 0.262 e. The van der Waals surface area contributed by atoms with Gasteiger partial charge in [0.15, 0.2) is 0 Å². The molecule has 0 spiro atoms. The molecule has 4 aromatic rings. The number of carbonyl (C=O) groups excluding carboxylic acids is 1. The number of fused-ring (bicyclic) bond motifs is 2. The summed E-state index contributed by atoms with van der Waals surface area (Å²) in [6.07, 6.45) is 1.57. The number of thiophene rings is 1. The van der Waals surface area contributed by atoms with Gasteiger partial charge in [-0.15, -0.1) is 16.4 Å². The van der Waals surface area contributed by atoms with Gasteiger partial charge >= 0.3 is 0 Å². The Balaban J connectivity index is 1.13. The highest BCUT2D eigenvalue weighted by Gasteiger charge is 2.36. The van der Waals surface area contributed by atoms with Gasteiger partial charge in [-0.25, -0.2) is 13.8 Å². The highest BCUT2D eigenvalue weighted by molar-refractivity contribution is 7.15. The lowest BCUT2D eigenvalue weighted by molar-refractivity contribution is -0.138. The summed E-state index contributed by atoms with van der Waals surface area (Å²) < 4.78 is 42.5. The zero-order valence-corrected chi connectivity index (χ0v) is 23.3. The van der Waals surface area contributed by atoms with Crippen LogP contribution in [-0.4, -0.2) is 60.4 Å². The van der Waals surface area contributed by atoms with E-state index < -0.39 is 36.3 Å². The maximum absolute atomic E-state index is 13.6. The van der Waals surface area contributed by atoms with E-state index in [0.717, 1.165) is 40.2 Å². The average Bonchev–Trinajstić information content (AvgIpc) is 3.66. The van der Waals surface area contributed by atoms with Crippen molar-refractivity contribution < 1.29 is 23.1 Å². The minimum atomic E-state index is -2.90. The monoisotopic (exact) mass is 585 g/mol. The van der Waals surface area contributed by atoms with Crippen LogP contribution in [0, 0.1) is 11.9 Å². The van der Waals surface area contributed by atoms with Gasteiger partial charge in [0, 0.05) is 30.7 Å². The lowest BCUT2D eigenvalue weighted by atomic mass is 9.91. The Labute approximate surface area is 238 Å². The lowest BCUT2D eigenvalue weighted by Gasteiger charge is -2.38. The summed E-state index contributed by atoms with van der Waals surface area (Å²) in [6.45, 7) is 2.53. The van der Waals surface area contributed by atoms with E-state index in [0.29, 0.717) is 16.8 Å². The third-order valence-electron chi connectivity index (χ3n) is 8.29. The van der Waals surface area contributed by atoms with E-state index in [1.807, 2.05) is 5.38 Å². The van der Waals surface area contributed by atoms with Crippen molar-refractivity contribution in [1.82, 2.24) is 24.2 Å². The molecule has 41 heavy (non-hydrogen) atoms. The van der Waals surface area contributed by atoms with Crippen molar-refractivity contribution in [3.8, 4) is 10.4 Å². The van der Waals surface area contributed by atoms with Gasteiger partial charge in [-0.1, -0.05) is 19.1 Å². The lowest BCUT2D eigenvalue weighted by Crippen LogP contribution is -2.50. The second-order valence-corrected chi connectivity index (χ2v) is 12.2. The number of alkyl halides is 2. The summed E-state index contributed by atoms with van der Waals surface area (Å²) in [5.41, 5.74) is 2.90. The zero-order valence-electron chi connectivity index (χ0n) is 22.5. The molecule has 0 bridgehead atoms. The molecule has 3 aromatic heterocycles. The highest BCUT2D eigenvalue weighted by Crippen LogP contribution is 2.36. The van der Waals surface area contributed by atoms with E-state index in [-0.39, 0.29) is 38.0 Å². The maximum Gasteiger partial charge on any atom is 0.262 e. The van der Waals surface area contributed by atoms with Crippen LogP contribution in [0.2, 0.25) is 0 Å². The first-order valence-corrected chi connectivity index (χ1v) is 14.6. The predicted octanol–water partition coefficient (Wildman–Crippen LogP) is 4.45. The van der Waals surface area contributed by atoms with Crippen molar-refractivity contribution in [3.63, 3.8) is 0 Å². The Morgan fingerprint density at radius 1 is 1.20 bits per heavy atom. The van der Waals surface area contributed by atoms with E-state index in [2.05, 4.69) is 35.2 Å². The molecular formula is C29H30F3N5O3S. The summed E-state index contributed by atoms with van der Waals surface area (Å²) in [5.74, 6) is -0.796. The second kappa shape index (κ2) is 10.7. The first-order chi connectivity index (χ1) is 19.6. The third kappa shape index (κ3) is 5.42. The molecule has 0 saturated carbocycles. The molecular weight excluding hydrogens is 555 g/mol. The number of nitrogens with zero attached hydrogens (tertiary/aromatic N) is 5. The minimum Gasteiger partial charge on any atom is -0.388 e. The van der Waals surface area contributed by atoms with Gasteiger partial charge in [0.05, 0.1) is 40.7 Å². The van der Waals surface area contributed by atoms with Gasteiger partial charge in [-0.05, 0) is 54.4 Å². The quantitative estimate of drug-likeness (QED) is 0.346. The molecule has 1 aliphatic heterocycles. The fraction of sp³-hybridized carbons (Fsp3) is 0.448. The first-order valence-electron chi connectivity index (χ1n) is 13.7. The highest BCUT2D eigenvalue weighted by atomic mass is 32.1. The van der Waals surface area contributed by atoms with E-state index in [1.165, 1.54) is 38.3 Å². The molecule has 1 fully saturated rings. The van der Waals surface area contributed by atoms with Crippen LogP contribution in [0.3, 0.4) is 0 Å². The molecule has 4 heterocycles. The van der Waals surface area contributed by atoms with Crippen molar-refractivity contribution in [1.29, 1.82) is 0 Å². The second-order valence-electron chi connectivity index (χ2n) is 11.3. The SMILES string of the molecule is CC1Cc2ccc(-c3scc4c(=O)n(CC5(O)CCN(C(=O)CC(C(F)F)n6ccc(F)n6)CC5)cnc34)cc2C1. The predicted molar refractivity (Wildman–Crippen MR) is 148 cm³/mol. The molecule has 1 aliphatic carbocycles. The van der Waals surface area contributed by atoms with Crippen molar-refractivity contribution in [2.24, 2.45) is 5.92 Å². The summed E-state index contributed by atoms with van der Waals surface area (Å²) in [4.78, 5) is 33.1. The Bertz CT molecular complexity index is 1660. The average molecular weight is 586 g/mol. The fourth-order valence-electron chi connectivity index (χ4n) is 6.02. The summed E-state index contributed by atoms with van der Waals surface area (Å²) >= 11 is 1.48. The molecule has 1 aromatic carbocycles. The van der Waals surface area contributed by atoms with Crippen molar-refractivity contribution in [3.05, 3.63) is 69.6 Å². The number of aliphatic hydroxyl groups is 1. The van der Waals surface area contributed by atoms with Gasteiger partial charge in [-0.2, -0.15) is 4.39 Å². The standard InChI is InChI=1S/C29H30F3N5O3S/c1-17-10-18-2-3-19(12-20(18)11-17)26-25-21(14-41-26)28(39)36(16-33-25)15-29(40)5-8-35(9-6-29)24(38)13-22(27(31)32)37-7-4-23(30)34-37/h2-4,7,12,14,16-17,22,27,40H,5-6,8-11,13,15H2,1H3. The Morgan fingerprint density at radius 3 is 2.66 bits per heavy atom. The summed E-state index contributed by atoms with van der Waals surface area (Å²) in [6, 6.07) is 5.83. The van der Waals surface area contributed by atoms with E-state index in [1.54, 1.807) is 0 Å². The largest absolute Gasteiger partial charge is 0.388 e. The van der Waals surface area contributed by atoms with Gasteiger partial charge < -0.3 is 10.0 Å². The summed E-state index contributed by atoms with van der Waals surface area (Å²) in [5, 5.41) is 17.0. The summed E-state index contributed by atoms with van der Waals surface area (Å²) in [7, 11) is 0. The van der Waals surface area contributed by atoms with Crippen LogP contribution in [0.4, 0.5) is 13.2 Å². The number of hydrogen-bond donors (Lipinski definition) is 1. The van der Waals surface area contributed by atoms with Gasteiger partial charge in [-0.3, -0.25) is 18.8 Å². The van der Waals surface area contributed by atoms with E-state index in [9.17, 15) is 27.9 Å². The van der Waals surface area contributed by atoms with Crippen LogP contribution < -0.4 is 5.56 Å². The number of piperidine rings is 1. The number of likely N-dealkylation sites (tertiary alicyclic amines) is 1. The number of rotatable bonds is 7. The topological polar surface area (TPSA) is 93.2 Å². The van der Waals surface area contributed by atoms with E-state index in [4.69, 9.17) is 0 Å². The minimum absolute atomic E-state index is 0.00490. The molecule has 2 atom stereocenters. The maximum atomic E-state index is 13.6. The number of halogens is 3. The number of amides is 1. The molecule has 1 saturated heterocycles. The van der Waals surface area contributed by atoms with Crippen LogP contribution in [0.15, 0.2) is 47.0 Å². The molecule has 216 valence electrons. The van der Waals surface area contributed by atoms with Crippen molar-refractivity contribution in [2.45, 2.75) is 63.6 Å². The van der Waals surface area contributed by atoms with Crippen LogP contribution in [-0.2, 0) is 24.2 Å². The van der Waals surface area contributed by atoms with E-state index >= 15 is 0 Å². The molecule has 2 aliphatic rings. The number of aromatic nitrogens is 4. The molecule has 8 nitrogen and oxygen atoms in total. The number of carbonyl (C=O) groups is 1. The Kier molecular flexibility index (Phi) is 7.23. The van der Waals surface area contributed by atoms with Gasteiger partial charge in [0.1, 0.15) is 6.04 Å². The molecule has 1 N–H and O–H groups in total. The van der Waals surface area contributed by atoms with Gasteiger partial charge in [0.2, 0.25) is 11.9 Å². The van der Waals surface area contributed by atoms with Crippen LogP contribution in [0.1, 0.15) is 43.4 Å². The molecule has 12 heteroatoms. The van der Waals surface area contributed by atoms with Crippen LogP contribution in [0.5, 0.6) is 0 Å². The molecule has 2 unspecified atom stereocenters. The normalized spacial score (nSPS) is 19.2. The molecule has 6 rings (SSSR count). The van der Waals surface area contributed by atoms with Crippen LogP contribution >= 0.6 is 11.3 Å². The molecule has 1 amide bonds. The number of hydrogen-bond acceptors (Lipinski definition) is 6. The van der Waals surface area contributed by atoms with Crippen LogP contribution in [0.25, 0.3) is 21.3 Å². The third-order valence-corrected chi connectivity index (χ3v) is 9.31. The number of benzene rings is 1. The van der Waals surface area contributed by atoms with Crippen molar-refractivity contribution >= 4 is 28.1 Å². The fourth-order valence-corrected chi connectivity index (χ4v) is 7.00.